The molecule has 0 unspecified atom stereocenters. The fraction of sp³-hybridized carbons (Fsp3) is 0.457. The average Bonchev–Trinajstić information content (AvgIpc) is 2.94. The van der Waals surface area contributed by atoms with Crippen molar-refractivity contribution in [3.63, 3.8) is 0 Å². The van der Waals surface area contributed by atoms with Crippen LogP contribution < -0.4 is 19.6 Å². The maximum atomic E-state index is 13.6. The number of hydrogen-bond acceptors (Lipinski definition) is 7. The number of fused-ring (bicyclic) bond motifs is 2. The lowest BCUT2D eigenvalue weighted by Gasteiger charge is -2.24. The van der Waals surface area contributed by atoms with Gasteiger partial charge in [-0.05, 0) is 77.9 Å². The predicted molar refractivity (Wildman–Crippen MR) is 172 cm³/mol. The number of ether oxygens (including phenoxy) is 3. The molecule has 0 saturated carbocycles. The molecule has 0 fully saturated rings. The Morgan fingerprint density at radius 2 is 1.60 bits per heavy atom. The molecular formula is C35H47NO6. The minimum absolute atomic E-state index is 0.0662. The van der Waals surface area contributed by atoms with Gasteiger partial charge in [0, 0.05) is 18.7 Å². The standard InChI is InChI=1S/C35H47NO6/c1-9-13-19-36(20-14-10-2)21-15-16-22-39-33-28(42-35(7,8)12-4)18-17-26-31(38)30-27(37)23-25(41-34(5,6)11-3)24-29(30)40-32(26)33/h11-12,15-18,23-24,37H,3-4,9-10,13-14,19-22H2,1-2,5-8H3/b16-15+. The molecule has 7 nitrogen and oxygen atoms in total. The lowest BCUT2D eigenvalue weighted by atomic mass is 10.1. The summed E-state index contributed by atoms with van der Waals surface area (Å²) in [6.45, 7) is 22.8. The summed E-state index contributed by atoms with van der Waals surface area (Å²) in [6.07, 6.45) is 12.1. The second-order valence-corrected chi connectivity index (χ2v) is 11.6. The van der Waals surface area contributed by atoms with Gasteiger partial charge >= 0.3 is 0 Å². The largest absolute Gasteiger partial charge is 0.507 e. The van der Waals surface area contributed by atoms with Crippen LogP contribution in [0.25, 0.3) is 21.9 Å². The summed E-state index contributed by atoms with van der Waals surface area (Å²) in [5, 5.41) is 11.1. The van der Waals surface area contributed by atoms with Crippen molar-refractivity contribution in [2.75, 3.05) is 26.2 Å². The fourth-order valence-electron chi connectivity index (χ4n) is 4.38. The van der Waals surface area contributed by atoms with Gasteiger partial charge in [-0.3, -0.25) is 9.69 Å². The maximum Gasteiger partial charge on any atom is 0.205 e. The second kappa shape index (κ2) is 14.5. The highest BCUT2D eigenvalue weighted by molar-refractivity contribution is 5.96. The SMILES string of the molecule is C=CC(C)(C)Oc1cc(O)c2c(=O)c3ccc(OC(C)(C)C=C)c(OC/C=C/CN(CCCC)CCCC)c3oc2c1. The van der Waals surface area contributed by atoms with Gasteiger partial charge in [0.1, 0.15) is 40.3 Å². The molecule has 0 bridgehead atoms. The Balaban J connectivity index is 2.03. The third-order valence-electron chi connectivity index (χ3n) is 7.06. The summed E-state index contributed by atoms with van der Waals surface area (Å²) in [5.74, 6) is 0.832. The van der Waals surface area contributed by atoms with Crippen LogP contribution in [0.3, 0.4) is 0 Å². The van der Waals surface area contributed by atoms with E-state index in [4.69, 9.17) is 18.6 Å². The summed E-state index contributed by atoms with van der Waals surface area (Å²) in [7, 11) is 0. The van der Waals surface area contributed by atoms with E-state index in [2.05, 4.69) is 38.0 Å². The Morgan fingerprint density at radius 1 is 0.952 bits per heavy atom. The van der Waals surface area contributed by atoms with Crippen LogP contribution in [-0.4, -0.2) is 47.4 Å². The molecule has 1 heterocycles. The molecule has 1 N–H and O–H groups in total. The minimum Gasteiger partial charge on any atom is -0.507 e. The molecule has 0 saturated heterocycles. The molecular weight excluding hydrogens is 530 g/mol. The molecule has 3 aromatic rings. The van der Waals surface area contributed by atoms with Crippen molar-refractivity contribution in [1.29, 1.82) is 0 Å². The first-order chi connectivity index (χ1) is 19.9. The second-order valence-electron chi connectivity index (χ2n) is 11.6. The molecule has 0 aliphatic heterocycles. The lowest BCUT2D eigenvalue weighted by Crippen LogP contribution is -2.26. The van der Waals surface area contributed by atoms with E-state index in [9.17, 15) is 9.90 Å². The van der Waals surface area contributed by atoms with Gasteiger partial charge in [-0.25, -0.2) is 0 Å². The van der Waals surface area contributed by atoms with Crippen molar-refractivity contribution in [1.82, 2.24) is 4.90 Å². The third kappa shape index (κ3) is 8.41. The first kappa shape index (κ1) is 32.8. The van der Waals surface area contributed by atoms with Crippen LogP contribution in [-0.2, 0) is 0 Å². The molecule has 0 amide bonds. The zero-order valence-corrected chi connectivity index (χ0v) is 26.1. The number of phenolic OH excluding ortho intramolecular Hbond substituents is 1. The summed E-state index contributed by atoms with van der Waals surface area (Å²) in [4.78, 5) is 16.0. The van der Waals surface area contributed by atoms with E-state index in [-0.39, 0.29) is 39.7 Å². The molecule has 2 aromatic carbocycles. The van der Waals surface area contributed by atoms with Gasteiger partial charge in [0.05, 0.1) is 5.39 Å². The van der Waals surface area contributed by atoms with Crippen molar-refractivity contribution < 1.29 is 23.7 Å². The van der Waals surface area contributed by atoms with Crippen molar-refractivity contribution in [3.05, 3.63) is 72.0 Å². The molecule has 0 aliphatic carbocycles. The fourth-order valence-corrected chi connectivity index (χ4v) is 4.38. The predicted octanol–water partition coefficient (Wildman–Crippen LogP) is 8.18. The number of aromatic hydroxyl groups is 1. The van der Waals surface area contributed by atoms with E-state index in [1.165, 1.54) is 18.9 Å². The molecule has 42 heavy (non-hydrogen) atoms. The van der Waals surface area contributed by atoms with Gasteiger partial charge in [0.25, 0.3) is 0 Å². The van der Waals surface area contributed by atoms with Crippen molar-refractivity contribution in [3.8, 4) is 23.0 Å². The Morgan fingerprint density at radius 3 is 2.21 bits per heavy atom. The molecule has 0 radical (unpaired) electrons. The van der Waals surface area contributed by atoms with Crippen molar-refractivity contribution in [2.24, 2.45) is 0 Å². The molecule has 228 valence electrons. The summed E-state index contributed by atoms with van der Waals surface area (Å²) in [5.41, 5.74) is -1.38. The van der Waals surface area contributed by atoms with Crippen LogP contribution >= 0.6 is 0 Å². The van der Waals surface area contributed by atoms with Crippen LogP contribution in [0.4, 0.5) is 0 Å². The number of hydrogen-bond donors (Lipinski definition) is 1. The van der Waals surface area contributed by atoms with Crippen LogP contribution in [0.1, 0.15) is 67.2 Å². The van der Waals surface area contributed by atoms with E-state index < -0.39 is 11.2 Å². The van der Waals surface area contributed by atoms with Gasteiger partial charge < -0.3 is 23.7 Å². The van der Waals surface area contributed by atoms with Crippen molar-refractivity contribution >= 4 is 21.9 Å². The molecule has 0 spiro atoms. The average molecular weight is 578 g/mol. The maximum absolute atomic E-state index is 13.6. The monoisotopic (exact) mass is 577 g/mol. The van der Waals surface area contributed by atoms with Crippen LogP contribution in [0.15, 0.2) is 70.9 Å². The Kier molecular flexibility index (Phi) is 11.3. The summed E-state index contributed by atoms with van der Waals surface area (Å²) in [6, 6.07) is 6.32. The Bertz CT molecular complexity index is 1460. The smallest absolute Gasteiger partial charge is 0.205 e. The third-order valence-corrected chi connectivity index (χ3v) is 7.06. The number of unbranched alkanes of at least 4 members (excludes halogenated alkanes) is 2. The minimum atomic E-state index is -0.701. The summed E-state index contributed by atoms with van der Waals surface area (Å²) >= 11 is 0. The van der Waals surface area contributed by atoms with E-state index in [1.807, 2.05) is 33.8 Å². The number of rotatable bonds is 17. The molecule has 3 rings (SSSR count). The lowest BCUT2D eigenvalue weighted by molar-refractivity contribution is 0.154. The quantitative estimate of drug-likeness (QED) is 0.128. The van der Waals surface area contributed by atoms with E-state index in [0.29, 0.717) is 17.2 Å². The Labute approximate surface area is 250 Å². The highest BCUT2D eigenvalue weighted by Crippen LogP contribution is 2.40. The van der Waals surface area contributed by atoms with Crippen molar-refractivity contribution in [2.45, 2.75) is 78.4 Å². The van der Waals surface area contributed by atoms with E-state index >= 15 is 0 Å². The van der Waals surface area contributed by atoms with Gasteiger partial charge in [-0.1, -0.05) is 52.0 Å². The normalized spacial score (nSPS) is 12.4. The molecule has 7 heteroatoms. The van der Waals surface area contributed by atoms with Gasteiger partial charge in [-0.2, -0.15) is 0 Å². The van der Waals surface area contributed by atoms with Crippen LogP contribution in [0.2, 0.25) is 0 Å². The zero-order chi connectivity index (χ0) is 30.9. The van der Waals surface area contributed by atoms with Gasteiger partial charge in [-0.15, -0.1) is 0 Å². The van der Waals surface area contributed by atoms with Crippen LogP contribution in [0.5, 0.6) is 23.0 Å². The van der Waals surface area contributed by atoms with Crippen LogP contribution in [0, 0.1) is 0 Å². The number of phenols is 1. The first-order valence-corrected chi connectivity index (χ1v) is 14.9. The van der Waals surface area contributed by atoms with Gasteiger partial charge in [0.2, 0.25) is 11.2 Å². The Hall–Kier alpha value is -3.71. The topological polar surface area (TPSA) is 81.4 Å². The number of benzene rings is 2. The molecule has 0 aliphatic rings. The summed E-state index contributed by atoms with van der Waals surface area (Å²) < 4.78 is 24.7. The highest BCUT2D eigenvalue weighted by Gasteiger charge is 2.24. The molecule has 1 aromatic heterocycles. The zero-order valence-electron chi connectivity index (χ0n) is 26.1. The number of nitrogens with zero attached hydrogens (tertiary/aromatic N) is 1. The van der Waals surface area contributed by atoms with E-state index in [1.54, 1.807) is 30.4 Å². The highest BCUT2D eigenvalue weighted by atomic mass is 16.5. The van der Waals surface area contributed by atoms with E-state index in [0.717, 1.165) is 32.5 Å². The first-order valence-electron chi connectivity index (χ1n) is 14.9. The molecule has 0 atom stereocenters. The van der Waals surface area contributed by atoms with Gasteiger partial charge in [0.15, 0.2) is 11.3 Å².